The Morgan fingerprint density at radius 2 is 1.69 bits per heavy atom. The van der Waals surface area contributed by atoms with Crippen LogP contribution in [0.2, 0.25) is 0 Å². The summed E-state index contributed by atoms with van der Waals surface area (Å²) in [7, 11) is -1.34. The molecule has 20 heteroatoms. The van der Waals surface area contributed by atoms with Crippen molar-refractivity contribution in [3.8, 4) is 11.5 Å². The van der Waals surface area contributed by atoms with Gasteiger partial charge in [-0.2, -0.15) is 4.98 Å². The summed E-state index contributed by atoms with van der Waals surface area (Å²) in [6.45, 7) is 15.9. The number of halogens is 3. The molecule has 0 bridgehead atoms. The molecule has 0 saturated carbocycles. The molecule has 3 aliphatic rings. The van der Waals surface area contributed by atoms with Crippen molar-refractivity contribution in [2.24, 2.45) is 0 Å². The van der Waals surface area contributed by atoms with Gasteiger partial charge in [0.15, 0.2) is 17.4 Å². The second-order valence-electron chi connectivity index (χ2n) is 18.6. The first-order chi connectivity index (χ1) is 34.1. The van der Waals surface area contributed by atoms with Gasteiger partial charge in [-0.1, -0.05) is 19.9 Å². The lowest BCUT2D eigenvalue weighted by Gasteiger charge is -2.43. The highest BCUT2D eigenvalue weighted by atomic mass is 79.9. The Morgan fingerprint density at radius 3 is 2.37 bits per heavy atom. The first-order valence-corrected chi connectivity index (χ1v) is 27.7. The van der Waals surface area contributed by atoms with Crippen molar-refractivity contribution in [1.82, 2.24) is 30.1 Å². The zero-order valence-electron chi connectivity index (χ0n) is 41.1. The number of carbonyl (C=O) groups is 3. The molecule has 378 valence electrons. The highest BCUT2D eigenvalue weighted by molar-refractivity contribution is 9.10. The molecule has 1 unspecified atom stereocenters. The van der Waals surface area contributed by atoms with Crippen LogP contribution in [0.5, 0.6) is 11.5 Å². The summed E-state index contributed by atoms with van der Waals surface area (Å²) in [6, 6.07) is 12.6. The molecular formula is C51H62BrF2N10O6P. The van der Waals surface area contributed by atoms with Gasteiger partial charge < -0.3 is 39.4 Å². The number of aromatic nitrogens is 3. The molecule has 3 aromatic carbocycles. The maximum absolute atomic E-state index is 15.4. The zero-order chi connectivity index (χ0) is 50.6. The van der Waals surface area contributed by atoms with E-state index in [0.717, 1.165) is 99.0 Å². The molecule has 0 radical (unpaired) electrons. The van der Waals surface area contributed by atoms with E-state index < -0.39 is 36.6 Å². The predicted molar refractivity (Wildman–Crippen MR) is 278 cm³/mol. The van der Waals surface area contributed by atoms with Crippen molar-refractivity contribution in [1.29, 1.82) is 0 Å². The molecule has 3 aliphatic heterocycles. The third kappa shape index (κ3) is 11.5. The zero-order valence-corrected chi connectivity index (χ0v) is 43.6. The number of anilines is 6. The lowest BCUT2D eigenvalue weighted by molar-refractivity contribution is -0.134. The number of rotatable bonds is 18. The second-order valence-corrected chi connectivity index (χ2v) is 22.6. The number of benzene rings is 3. The number of fused-ring (bicyclic) bond motifs is 1. The fourth-order valence-corrected chi connectivity index (χ4v) is 11.8. The van der Waals surface area contributed by atoms with E-state index in [1.165, 1.54) is 17.5 Å². The average molecular weight is 1060 g/mol. The lowest BCUT2D eigenvalue weighted by atomic mass is 9.99. The Labute approximate surface area is 421 Å². The number of imide groups is 1. The summed E-state index contributed by atoms with van der Waals surface area (Å²) < 4.78 is 56.4. The molecule has 2 aromatic heterocycles. The van der Waals surface area contributed by atoms with Gasteiger partial charge in [-0.05, 0) is 111 Å². The first kappa shape index (κ1) is 51.6. The largest absolute Gasteiger partial charge is 0.492 e. The van der Waals surface area contributed by atoms with Crippen molar-refractivity contribution in [2.45, 2.75) is 77.8 Å². The van der Waals surface area contributed by atoms with Crippen molar-refractivity contribution in [3.05, 3.63) is 81.6 Å². The fourth-order valence-electron chi connectivity index (χ4n) is 10.1. The standard InChI is InChI=1S/C51H62BrF2N10O6P/c1-7-31-27-40(58-51-55-29-36(52)49(60-51)57-39-13-12-38-35(48(39)71(5,6)68)11-10-33(8-2)56-38)43(69-9-3)28-42(31)64-20-17-34(18-21-64)63-24-22-62(23-25-63)19-16-32-26-37(53)45(54)46(47(32)70-30-65)61(4)41-14-15-44(66)59-50(41)67/h10-13,26-30,34,41H,7-9,14-25H2,1-6H3,(H,59,66,67)(H2,55,57,58,60). The highest BCUT2D eigenvalue weighted by Crippen LogP contribution is 2.43. The van der Waals surface area contributed by atoms with Crippen LogP contribution < -0.4 is 40.5 Å². The Bertz CT molecular complexity index is 2860. The summed E-state index contributed by atoms with van der Waals surface area (Å²) >= 11 is 3.63. The molecule has 3 saturated heterocycles. The van der Waals surface area contributed by atoms with E-state index in [0.29, 0.717) is 57.7 Å². The molecule has 71 heavy (non-hydrogen) atoms. The predicted octanol–water partition coefficient (Wildman–Crippen LogP) is 7.93. The minimum atomic E-state index is -2.77. The van der Waals surface area contributed by atoms with E-state index in [1.807, 2.05) is 31.2 Å². The SMILES string of the molecule is CCOc1cc(N2CCC(N3CCN(CCc4cc(F)c(F)c(N(C)C5CCC(=O)NC5=O)c4OC=O)CC3)CC2)c(CC)cc1Nc1ncc(Br)c(Nc2ccc3nc(CC)ccc3c2P(C)(C)=O)n1. The summed E-state index contributed by atoms with van der Waals surface area (Å²) in [6.07, 6.45) is 5.71. The minimum Gasteiger partial charge on any atom is -0.492 e. The Balaban J connectivity index is 0.900. The molecule has 2 amide bonds. The number of hydrogen-bond donors (Lipinski definition) is 3. The monoisotopic (exact) mass is 1060 g/mol. The summed E-state index contributed by atoms with van der Waals surface area (Å²) in [4.78, 5) is 58.8. The van der Waals surface area contributed by atoms with Crippen LogP contribution in [0, 0.1) is 11.6 Å². The molecule has 16 nitrogen and oxygen atoms in total. The van der Waals surface area contributed by atoms with Crippen LogP contribution in [0.3, 0.4) is 0 Å². The molecular weight excluding hydrogens is 997 g/mol. The van der Waals surface area contributed by atoms with Gasteiger partial charge in [0, 0.05) is 105 Å². The van der Waals surface area contributed by atoms with Crippen LogP contribution in [0.25, 0.3) is 10.9 Å². The topological polar surface area (TPSA) is 174 Å². The molecule has 1 atom stereocenters. The summed E-state index contributed by atoms with van der Waals surface area (Å²) in [5.74, 6) is -1.96. The number of carbonyl (C=O) groups excluding carboxylic acids is 3. The molecule has 8 rings (SSSR count). The van der Waals surface area contributed by atoms with E-state index in [9.17, 15) is 18.9 Å². The Hall–Kier alpha value is -5.75. The number of nitrogens with one attached hydrogen (secondary N) is 3. The first-order valence-electron chi connectivity index (χ1n) is 24.3. The quantitative estimate of drug-likeness (QED) is 0.0438. The Morgan fingerprint density at radius 1 is 0.930 bits per heavy atom. The number of aryl methyl sites for hydroxylation is 2. The normalized spacial score (nSPS) is 17.3. The molecule has 0 spiro atoms. The van der Waals surface area contributed by atoms with Crippen molar-refractivity contribution >= 4 is 92.1 Å². The number of nitrogens with zero attached hydrogens (tertiary/aromatic N) is 7. The summed E-state index contributed by atoms with van der Waals surface area (Å²) in [5.41, 5.74) is 5.50. The third-order valence-electron chi connectivity index (χ3n) is 13.8. The van der Waals surface area contributed by atoms with E-state index >= 15 is 8.78 Å². The molecule has 3 fully saturated rings. The number of ether oxygens (including phenoxy) is 2. The van der Waals surface area contributed by atoms with Crippen LogP contribution in [0.1, 0.15) is 63.3 Å². The fraction of sp³-hybridized carbons (Fsp3) is 0.451. The third-order valence-corrected chi connectivity index (χ3v) is 15.9. The Kier molecular flexibility index (Phi) is 16.2. The van der Waals surface area contributed by atoms with Crippen LogP contribution in [-0.4, -0.2) is 128 Å². The molecule has 5 aromatic rings. The van der Waals surface area contributed by atoms with Gasteiger partial charge in [-0.25, -0.2) is 13.8 Å². The number of likely N-dealkylation sites (N-methyl/N-ethyl adjacent to an activating group) is 1. The van der Waals surface area contributed by atoms with E-state index in [4.69, 9.17) is 19.4 Å². The van der Waals surface area contributed by atoms with Crippen LogP contribution in [0.4, 0.5) is 43.3 Å². The second kappa shape index (κ2) is 22.3. The van der Waals surface area contributed by atoms with Crippen LogP contribution >= 0.6 is 23.1 Å². The van der Waals surface area contributed by atoms with Crippen molar-refractivity contribution in [3.63, 3.8) is 0 Å². The number of piperazine rings is 1. The van der Waals surface area contributed by atoms with Gasteiger partial charge in [0.1, 0.15) is 30.4 Å². The van der Waals surface area contributed by atoms with E-state index in [-0.39, 0.29) is 37.2 Å². The smallest absolute Gasteiger partial charge is 0.298 e. The van der Waals surface area contributed by atoms with Gasteiger partial charge in [-0.15, -0.1) is 0 Å². The molecule has 5 heterocycles. The van der Waals surface area contributed by atoms with Crippen molar-refractivity contribution in [2.75, 3.05) is 93.2 Å². The maximum atomic E-state index is 15.4. The van der Waals surface area contributed by atoms with E-state index in [2.05, 4.69) is 77.5 Å². The number of amides is 2. The van der Waals surface area contributed by atoms with Crippen LogP contribution in [0.15, 0.2) is 53.1 Å². The van der Waals surface area contributed by atoms with Gasteiger partial charge in [-0.3, -0.25) is 29.6 Å². The highest BCUT2D eigenvalue weighted by Gasteiger charge is 2.35. The van der Waals surface area contributed by atoms with Gasteiger partial charge in [0.25, 0.3) is 6.47 Å². The van der Waals surface area contributed by atoms with E-state index in [1.54, 1.807) is 19.5 Å². The van der Waals surface area contributed by atoms with Gasteiger partial charge in [0.05, 0.1) is 28.0 Å². The van der Waals surface area contributed by atoms with Gasteiger partial charge in [0.2, 0.25) is 17.8 Å². The lowest BCUT2D eigenvalue weighted by Crippen LogP contribution is -2.53. The average Bonchev–Trinajstić information content (AvgIpc) is 3.35. The van der Waals surface area contributed by atoms with Crippen molar-refractivity contribution < 1.29 is 37.2 Å². The van der Waals surface area contributed by atoms with Crippen LogP contribution in [-0.2, 0) is 38.2 Å². The summed E-state index contributed by atoms with van der Waals surface area (Å²) in [5, 5.41) is 10.7. The number of pyridine rings is 1. The molecule has 3 N–H and O–H groups in total. The molecule has 0 aliphatic carbocycles. The minimum absolute atomic E-state index is 0.0480. The maximum Gasteiger partial charge on any atom is 0.298 e. The number of hydrogen-bond acceptors (Lipinski definition) is 15. The van der Waals surface area contributed by atoms with Gasteiger partial charge >= 0.3 is 0 Å². The number of piperidine rings is 2.